The second-order valence-electron chi connectivity index (χ2n) is 4.64. The number of carbonyl (C=O) groups is 2. The monoisotopic (exact) mass is 292 g/mol. The molecule has 2 rings (SSSR count). The molecule has 8 nitrogen and oxygen atoms in total. The number of carboxylic acid groups (broad SMARTS) is 1. The van der Waals surface area contributed by atoms with E-state index in [1.807, 2.05) is 0 Å². The molecule has 2 aromatic heterocycles. The van der Waals surface area contributed by atoms with Crippen molar-refractivity contribution in [3.05, 3.63) is 34.9 Å². The number of aromatic nitrogens is 3. The van der Waals surface area contributed by atoms with Crippen LogP contribution in [0.1, 0.15) is 12.8 Å². The van der Waals surface area contributed by atoms with Crippen molar-refractivity contribution in [2.75, 3.05) is 13.6 Å². The van der Waals surface area contributed by atoms with E-state index in [4.69, 9.17) is 5.11 Å². The molecular formula is C13H16N4O4. The molecule has 0 radical (unpaired) electrons. The molecule has 2 heterocycles. The van der Waals surface area contributed by atoms with E-state index in [9.17, 15) is 14.4 Å². The minimum absolute atomic E-state index is 0.0971. The van der Waals surface area contributed by atoms with Gasteiger partial charge < -0.3 is 10.0 Å². The number of hydrogen-bond donors (Lipinski definition) is 1. The van der Waals surface area contributed by atoms with Crippen molar-refractivity contribution in [3.63, 3.8) is 0 Å². The largest absolute Gasteiger partial charge is 0.481 e. The summed E-state index contributed by atoms with van der Waals surface area (Å²) >= 11 is 0. The minimum Gasteiger partial charge on any atom is -0.481 e. The summed E-state index contributed by atoms with van der Waals surface area (Å²) in [5.41, 5.74) is 0.223. The van der Waals surface area contributed by atoms with Crippen molar-refractivity contribution in [2.45, 2.75) is 19.4 Å². The fourth-order valence-corrected chi connectivity index (χ4v) is 1.89. The maximum absolute atomic E-state index is 12.0. The number of pyridine rings is 1. The smallest absolute Gasteiger partial charge is 0.350 e. The second kappa shape index (κ2) is 6.21. The van der Waals surface area contributed by atoms with Crippen LogP contribution in [0.3, 0.4) is 0 Å². The van der Waals surface area contributed by atoms with Crippen LogP contribution in [0.2, 0.25) is 0 Å². The zero-order valence-electron chi connectivity index (χ0n) is 11.6. The van der Waals surface area contributed by atoms with Crippen molar-refractivity contribution in [3.8, 4) is 0 Å². The first-order valence-electron chi connectivity index (χ1n) is 6.49. The molecule has 112 valence electrons. The van der Waals surface area contributed by atoms with Gasteiger partial charge in [0, 0.05) is 26.2 Å². The Hall–Kier alpha value is -2.64. The minimum atomic E-state index is -0.953. The summed E-state index contributed by atoms with van der Waals surface area (Å²) in [7, 11) is 1.54. The van der Waals surface area contributed by atoms with Crippen LogP contribution in [0.15, 0.2) is 29.2 Å². The summed E-state index contributed by atoms with van der Waals surface area (Å²) < 4.78 is 2.64. The number of carboxylic acids is 1. The molecule has 2 aromatic rings. The Morgan fingerprint density at radius 2 is 2.10 bits per heavy atom. The number of amides is 1. The van der Waals surface area contributed by atoms with Gasteiger partial charge in [0.1, 0.15) is 0 Å². The molecule has 21 heavy (non-hydrogen) atoms. The lowest BCUT2D eigenvalue weighted by atomic mass is 10.3. The Balaban J connectivity index is 1.98. The first-order valence-corrected chi connectivity index (χ1v) is 6.49. The number of carbonyl (C=O) groups excluding carboxylic acids is 1. The van der Waals surface area contributed by atoms with Gasteiger partial charge in [0.2, 0.25) is 5.91 Å². The normalized spacial score (nSPS) is 10.7. The molecule has 0 aliphatic heterocycles. The van der Waals surface area contributed by atoms with Gasteiger partial charge in [-0.25, -0.2) is 9.48 Å². The van der Waals surface area contributed by atoms with Gasteiger partial charge in [0.25, 0.3) is 0 Å². The number of aliphatic carboxylic acids is 1. The zero-order chi connectivity index (χ0) is 15.4. The molecule has 1 N–H and O–H groups in total. The van der Waals surface area contributed by atoms with E-state index in [1.165, 1.54) is 21.0 Å². The highest BCUT2D eigenvalue weighted by atomic mass is 16.4. The Kier molecular flexibility index (Phi) is 4.36. The van der Waals surface area contributed by atoms with Crippen LogP contribution in [-0.4, -0.2) is 49.7 Å². The van der Waals surface area contributed by atoms with Gasteiger partial charge in [-0.15, -0.1) is 5.10 Å². The Morgan fingerprint density at radius 1 is 1.33 bits per heavy atom. The van der Waals surface area contributed by atoms with E-state index in [2.05, 4.69) is 5.10 Å². The van der Waals surface area contributed by atoms with Crippen molar-refractivity contribution in [1.29, 1.82) is 0 Å². The van der Waals surface area contributed by atoms with Crippen LogP contribution in [-0.2, 0) is 16.1 Å². The average Bonchev–Trinajstić information content (AvgIpc) is 2.79. The number of rotatable bonds is 6. The zero-order valence-corrected chi connectivity index (χ0v) is 11.6. The van der Waals surface area contributed by atoms with Gasteiger partial charge >= 0.3 is 11.7 Å². The molecule has 0 saturated carbocycles. The predicted octanol–water partition coefficient (Wildman–Crippen LogP) is -0.181. The topological polar surface area (TPSA) is 96.9 Å². The Bertz CT molecular complexity index is 718. The van der Waals surface area contributed by atoms with Gasteiger partial charge in [-0.2, -0.15) is 0 Å². The van der Waals surface area contributed by atoms with E-state index in [0.717, 1.165) is 0 Å². The second-order valence-corrected chi connectivity index (χ2v) is 4.64. The highest BCUT2D eigenvalue weighted by Crippen LogP contribution is 1.98. The molecule has 0 spiro atoms. The van der Waals surface area contributed by atoms with Crippen molar-refractivity contribution in [1.82, 2.24) is 19.1 Å². The van der Waals surface area contributed by atoms with Gasteiger partial charge in [-0.3, -0.25) is 14.0 Å². The van der Waals surface area contributed by atoms with E-state index < -0.39 is 5.97 Å². The Labute approximate surface area is 120 Å². The first kappa shape index (κ1) is 14.8. The van der Waals surface area contributed by atoms with Gasteiger partial charge in [-0.1, -0.05) is 6.07 Å². The molecule has 1 amide bonds. The molecule has 0 aliphatic rings. The highest BCUT2D eigenvalue weighted by Gasteiger charge is 2.12. The molecule has 0 unspecified atom stereocenters. The van der Waals surface area contributed by atoms with Crippen LogP contribution >= 0.6 is 0 Å². The fraction of sp³-hybridized carbons (Fsp3) is 0.385. The molecule has 0 fully saturated rings. The number of aryl methyl sites for hydroxylation is 1. The van der Waals surface area contributed by atoms with Gasteiger partial charge in [-0.05, 0) is 12.1 Å². The maximum Gasteiger partial charge on any atom is 0.350 e. The average molecular weight is 292 g/mol. The third-order valence-electron chi connectivity index (χ3n) is 3.11. The van der Waals surface area contributed by atoms with E-state index >= 15 is 0 Å². The molecule has 0 bridgehead atoms. The lowest BCUT2D eigenvalue weighted by Crippen LogP contribution is -2.31. The summed E-state index contributed by atoms with van der Waals surface area (Å²) in [6.07, 6.45) is 1.61. The van der Waals surface area contributed by atoms with E-state index in [1.54, 1.807) is 24.4 Å². The van der Waals surface area contributed by atoms with Gasteiger partial charge in [0.15, 0.2) is 5.65 Å². The van der Waals surface area contributed by atoms with Crippen LogP contribution in [0.25, 0.3) is 5.65 Å². The third kappa shape index (κ3) is 3.47. The molecule has 0 aliphatic carbocycles. The van der Waals surface area contributed by atoms with Crippen LogP contribution in [0, 0.1) is 0 Å². The predicted molar refractivity (Wildman–Crippen MR) is 74.0 cm³/mol. The molecule has 0 aromatic carbocycles. The lowest BCUT2D eigenvalue weighted by Gasteiger charge is -2.15. The Morgan fingerprint density at radius 3 is 2.76 bits per heavy atom. The SMILES string of the molecule is CN(CCC(=O)O)C(=O)CCn1nc2ccccn2c1=O. The number of fused-ring (bicyclic) bond motifs is 1. The van der Waals surface area contributed by atoms with Crippen molar-refractivity contribution >= 4 is 17.5 Å². The van der Waals surface area contributed by atoms with Crippen LogP contribution in [0.5, 0.6) is 0 Å². The highest BCUT2D eigenvalue weighted by molar-refractivity contribution is 5.76. The number of hydrogen-bond acceptors (Lipinski definition) is 4. The lowest BCUT2D eigenvalue weighted by molar-refractivity contribution is -0.138. The molecular weight excluding hydrogens is 276 g/mol. The molecule has 8 heteroatoms. The third-order valence-corrected chi connectivity index (χ3v) is 3.11. The summed E-state index contributed by atoms with van der Waals surface area (Å²) in [5.74, 6) is -1.17. The van der Waals surface area contributed by atoms with Gasteiger partial charge in [0.05, 0.1) is 13.0 Å². The maximum atomic E-state index is 12.0. The summed E-state index contributed by atoms with van der Waals surface area (Å²) in [4.78, 5) is 35.6. The summed E-state index contributed by atoms with van der Waals surface area (Å²) in [5, 5.41) is 12.7. The van der Waals surface area contributed by atoms with Crippen LogP contribution < -0.4 is 5.69 Å². The first-order chi connectivity index (χ1) is 9.99. The number of nitrogens with zero attached hydrogens (tertiary/aromatic N) is 4. The van der Waals surface area contributed by atoms with E-state index in [0.29, 0.717) is 5.65 Å². The molecule has 0 atom stereocenters. The standard InChI is InChI=1S/C13H16N4O4/c1-15(8-6-12(19)20)11(18)5-9-17-13(21)16-7-3-2-4-10(16)14-17/h2-4,7H,5-6,8-9H2,1H3,(H,19,20). The van der Waals surface area contributed by atoms with Crippen molar-refractivity contribution in [2.24, 2.45) is 0 Å². The fourth-order valence-electron chi connectivity index (χ4n) is 1.89. The van der Waals surface area contributed by atoms with Crippen molar-refractivity contribution < 1.29 is 14.7 Å². The summed E-state index contributed by atoms with van der Waals surface area (Å²) in [6.45, 7) is 0.311. The summed E-state index contributed by atoms with van der Waals surface area (Å²) in [6, 6.07) is 5.21. The van der Waals surface area contributed by atoms with Crippen LogP contribution in [0.4, 0.5) is 0 Å². The molecule has 0 saturated heterocycles. The quantitative estimate of drug-likeness (QED) is 0.796. The van der Waals surface area contributed by atoms with E-state index in [-0.39, 0.29) is 37.5 Å².